The van der Waals surface area contributed by atoms with E-state index in [2.05, 4.69) is 55.9 Å². The number of aromatic nitrogens is 1. The maximum absolute atomic E-state index is 12.0. The highest BCUT2D eigenvalue weighted by molar-refractivity contribution is 5.88. The van der Waals surface area contributed by atoms with Crippen molar-refractivity contribution in [3.05, 3.63) is 35.0 Å². The number of fused-ring (bicyclic) bond motifs is 3. The molecule has 4 nitrogen and oxygen atoms in total. The lowest BCUT2D eigenvalue weighted by molar-refractivity contribution is -0.125. The van der Waals surface area contributed by atoms with Crippen molar-refractivity contribution >= 4 is 16.8 Å². The third-order valence-corrected chi connectivity index (χ3v) is 5.16. The van der Waals surface area contributed by atoms with E-state index in [0.29, 0.717) is 0 Å². The highest BCUT2D eigenvalue weighted by atomic mass is 16.2. The van der Waals surface area contributed by atoms with E-state index in [0.717, 1.165) is 25.8 Å². The average Bonchev–Trinajstić information content (AvgIpc) is 2.85. The molecule has 1 aromatic carbocycles. The van der Waals surface area contributed by atoms with Gasteiger partial charge < -0.3 is 4.57 Å². The molecule has 4 heteroatoms. The van der Waals surface area contributed by atoms with Gasteiger partial charge in [-0.25, -0.2) is 5.84 Å². The van der Waals surface area contributed by atoms with Crippen LogP contribution in [-0.4, -0.2) is 10.5 Å². The van der Waals surface area contributed by atoms with E-state index in [9.17, 15) is 4.79 Å². The number of aryl methyl sites for hydroxylation is 1. The molecule has 1 amide bonds. The Morgan fingerprint density at radius 1 is 1.39 bits per heavy atom. The van der Waals surface area contributed by atoms with Crippen LogP contribution < -0.4 is 11.3 Å². The molecule has 1 heterocycles. The molecule has 1 aliphatic rings. The third-order valence-electron chi connectivity index (χ3n) is 5.16. The van der Waals surface area contributed by atoms with Gasteiger partial charge in [0.25, 0.3) is 0 Å². The molecule has 0 fully saturated rings. The number of carbonyl (C=O) groups excluding carboxylic acids is 1. The van der Waals surface area contributed by atoms with Crippen LogP contribution in [0.3, 0.4) is 0 Å². The number of nitrogens with two attached hydrogens (primary N) is 1. The summed E-state index contributed by atoms with van der Waals surface area (Å²) in [5.41, 5.74) is 7.82. The SMILES string of the molecule is CCn1c2c(c3cc(C(C)(C)C)ccc31)CC(C(=O)NN)CC2. The van der Waals surface area contributed by atoms with Gasteiger partial charge in [-0.05, 0) is 54.9 Å². The first-order valence-electron chi connectivity index (χ1n) is 8.51. The molecule has 0 radical (unpaired) electrons. The Bertz CT molecular complexity index is 752. The molecule has 0 saturated carbocycles. The van der Waals surface area contributed by atoms with Gasteiger partial charge in [-0.3, -0.25) is 10.2 Å². The molecule has 0 bridgehead atoms. The van der Waals surface area contributed by atoms with Gasteiger partial charge in [-0.2, -0.15) is 0 Å². The number of rotatable bonds is 2. The van der Waals surface area contributed by atoms with Gasteiger partial charge in [-0.15, -0.1) is 0 Å². The quantitative estimate of drug-likeness (QED) is 0.508. The predicted octanol–water partition coefficient (Wildman–Crippen LogP) is 3.05. The van der Waals surface area contributed by atoms with Gasteiger partial charge in [0, 0.05) is 29.1 Å². The second-order valence-electron chi connectivity index (χ2n) is 7.60. The van der Waals surface area contributed by atoms with E-state index in [-0.39, 0.29) is 17.2 Å². The van der Waals surface area contributed by atoms with Crippen LogP contribution in [0.4, 0.5) is 0 Å². The number of hydrogen-bond donors (Lipinski definition) is 2. The molecule has 2 aromatic rings. The largest absolute Gasteiger partial charge is 0.345 e. The van der Waals surface area contributed by atoms with E-state index < -0.39 is 0 Å². The predicted molar refractivity (Wildman–Crippen MR) is 94.2 cm³/mol. The van der Waals surface area contributed by atoms with Crippen LogP contribution in [0.1, 0.15) is 50.9 Å². The first-order chi connectivity index (χ1) is 10.9. The summed E-state index contributed by atoms with van der Waals surface area (Å²) in [5.74, 6) is 5.29. The van der Waals surface area contributed by atoms with Crippen molar-refractivity contribution in [2.75, 3.05) is 0 Å². The maximum Gasteiger partial charge on any atom is 0.237 e. The summed E-state index contributed by atoms with van der Waals surface area (Å²) in [6.45, 7) is 9.87. The van der Waals surface area contributed by atoms with Crippen LogP contribution in [-0.2, 0) is 29.6 Å². The van der Waals surface area contributed by atoms with Crippen LogP contribution in [0.15, 0.2) is 18.2 Å². The lowest BCUT2D eigenvalue weighted by Crippen LogP contribution is -2.38. The van der Waals surface area contributed by atoms with E-state index in [1.165, 1.54) is 27.7 Å². The molecule has 0 aliphatic heterocycles. The standard InChI is InChI=1S/C19H27N3O/c1-5-22-16-8-6-12(18(23)21-20)10-14(16)15-11-13(19(2,3)4)7-9-17(15)22/h7,9,11-12H,5-6,8,10,20H2,1-4H3,(H,21,23). The number of hydrogen-bond acceptors (Lipinski definition) is 2. The van der Waals surface area contributed by atoms with E-state index >= 15 is 0 Å². The van der Waals surface area contributed by atoms with E-state index in [4.69, 9.17) is 5.84 Å². The van der Waals surface area contributed by atoms with Gasteiger partial charge in [0.15, 0.2) is 0 Å². The first-order valence-corrected chi connectivity index (χ1v) is 8.51. The van der Waals surface area contributed by atoms with Crippen LogP contribution >= 0.6 is 0 Å². The van der Waals surface area contributed by atoms with E-state index in [1.54, 1.807) is 0 Å². The Balaban J connectivity index is 2.16. The van der Waals surface area contributed by atoms with Crippen LogP contribution in [0.2, 0.25) is 0 Å². The highest BCUT2D eigenvalue weighted by Crippen LogP contribution is 2.36. The van der Waals surface area contributed by atoms with Gasteiger partial charge in [0.05, 0.1) is 0 Å². The van der Waals surface area contributed by atoms with Crippen molar-refractivity contribution in [2.45, 2.75) is 58.9 Å². The summed E-state index contributed by atoms with van der Waals surface area (Å²) in [5, 5.41) is 1.31. The molecule has 0 saturated heterocycles. The van der Waals surface area contributed by atoms with Crippen LogP contribution in [0.25, 0.3) is 10.9 Å². The number of benzene rings is 1. The van der Waals surface area contributed by atoms with E-state index in [1.807, 2.05) is 0 Å². The molecule has 1 aliphatic carbocycles. The molecular weight excluding hydrogens is 286 g/mol. The summed E-state index contributed by atoms with van der Waals surface area (Å²) >= 11 is 0. The topological polar surface area (TPSA) is 60.0 Å². The average molecular weight is 313 g/mol. The number of hydrazine groups is 1. The Labute approximate surface area is 138 Å². The second-order valence-corrected chi connectivity index (χ2v) is 7.60. The zero-order valence-corrected chi connectivity index (χ0v) is 14.6. The minimum Gasteiger partial charge on any atom is -0.345 e. The summed E-state index contributed by atoms with van der Waals surface area (Å²) in [6.07, 6.45) is 2.61. The fourth-order valence-electron chi connectivity index (χ4n) is 3.82. The van der Waals surface area contributed by atoms with Crippen LogP contribution in [0, 0.1) is 5.92 Å². The normalized spacial score (nSPS) is 18.0. The summed E-state index contributed by atoms with van der Waals surface area (Å²) in [6, 6.07) is 6.81. The van der Waals surface area contributed by atoms with Crippen molar-refractivity contribution in [1.29, 1.82) is 0 Å². The van der Waals surface area contributed by atoms with Gasteiger partial charge in [0.2, 0.25) is 5.91 Å². The number of amides is 1. The first kappa shape index (κ1) is 16.1. The molecule has 124 valence electrons. The highest BCUT2D eigenvalue weighted by Gasteiger charge is 2.29. The number of nitrogens with zero attached hydrogens (tertiary/aromatic N) is 1. The number of nitrogens with one attached hydrogen (secondary N) is 1. The Morgan fingerprint density at radius 3 is 2.74 bits per heavy atom. The monoisotopic (exact) mass is 313 g/mol. The molecule has 1 unspecified atom stereocenters. The smallest absolute Gasteiger partial charge is 0.237 e. The molecule has 1 aromatic heterocycles. The fraction of sp³-hybridized carbons (Fsp3) is 0.526. The fourth-order valence-corrected chi connectivity index (χ4v) is 3.82. The summed E-state index contributed by atoms with van der Waals surface area (Å²) < 4.78 is 2.41. The molecule has 0 spiro atoms. The molecule has 23 heavy (non-hydrogen) atoms. The van der Waals surface area contributed by atoms with Gasteiger partial charge in [0.1, 0.15) is 0 Å². The molecule has 1 atom stereocenters. The minimum absolute atomic E-state index is 0.0123. The summed E-state index contributed by atoms with van der Waals surface area (Å²) in [7, 11) is 0. The zero-order chi connectivity index (χ0) is 16.8. The second kappa shape index (κ2) is 5.68. The van der Waals surface area contributed by atoms with Gasteiger partial charge in [-0.1, -0.05) is 26.8 Å². The summed E-state index contributed by atoms with van der Waals surface area (Å²) in [4.78, 5) is 12.0. The maximum atomic E-state index is 12.0. The van der Waals surface area contributed by atoms with Crippen molar-refractivity contribution < 1.29 is 4.79 Å². The number of carbonyl (C=O) groups is 1. The van der Waals surface area contributed by atoms with Crippen molar-refractivity contribution in [1.82, 2.24) is 9.99 Å². The van der Waals surface area contributed by atoms with Crippen molar-refractivity contribution in [3.63, 3.8) is 0 Å². The molecular formula is C19H27N3O. The Hall–Kier alpha value is -1.81. The van der Waals surface area contributed by atoms with Crippen molar-refractivity contribution in [3.8, 4) is 0 Å². The van der Waals surface area contributed by atoms with Crippen molar-refractivity contribution in [2.24, 2.45) is 11.8 Å². The molecule has 3 N–H and O–H groups in total. The lowest BCUT2D eigenvalue weighted by Gasteiger charge is -2.22. The minimum atomic E-state index is -0.0416. The zero-order valence-electron chi connectivity index (χ0n) is 14.6. The molecule has 3 rings (SSSR count). The van der Waals surface area contributed by atoms with Crippen LogP contribution in [0.5, 0.6) is 0 Å². The third kappa shape index (κ3) is 2.65. The lowest BCUT2D eigenvalue weighted by atomic mass is 9.83. The van der Waals surface area contributed by atoms with Gasteiger partial charge >= 0.3 is 0 Å². The Kier molecular flexibility index (Phi) is 3.96. The Morgan fingerprint density at radius 2 is 2.13 bits per heavy atom.